The van der Waals surface area contributed by atoms with Crippen molar-refractivity contribution in [2.75, 3.05) is 0 Å². The summed E-state index contributed by atoms with van der Waals surface area (Å²) < 4.78 is 4.30. The van der Waals surface area contributed by atoms with Crippen LogP contribution < -0.4 is 0 Å². The van der Waals surface area contributed by atoms with Crippen LogP contribution in [0.15, 0.2) is 16.9 Å². The molecule has 2 rings (SSSR count). The third kappa shape index (κ3) is 2.14. The first kappa shape index (κ1) is 12.3. The Morgan fingerprint density at radius 3 is 2.76 bits per heavy atom. The van der Waals surface area contributed by atoms with Gasteiger partial charge in [-0.3, -0.25) is 9.36 Å². The summed E-state index contributed by atoms with van der Waals surface area (Å²) in [7, 11) is 1.84. The summed E-state index contributed by atoms with van der Waals surface area (Å²) >= 11 is 3.42. The smallest absolute Gasteiger partial charge is 0.125 e. The number of aliphatic hydroxyl groups excluding tert-OH is 1. The molecule has 1 atom stereocenters. The number of aliphatic hydroxyl groups is 1. The summed E-state index contributed by atoms with van der Waals surface area (Å²) in [6.07, 6.45) is 2.83. The van der Waals surface area contributed by atoms with E-state index in [1.807, 2.05) is 27.1 Å². The fourth-order valence-corrected chi connectivity index (χ4v) is 2.44. The summed E-state index contributed by atoms with van der Waals surface area (Å²) in [5.41, 5.74) is 2.41. The normalized spacial score (nSPS) is 13.0. The predicted molar refractivity (Wildman–Crippen MR) is 67.6 cm³/mol. The maximum Gasteiger partial charge on any atom is 0.125 e. The van der Waals surface area contributed by atoms with E-state index in [2.05, 4.69) is 26.1 Å². The van der Waals surface area contributed by atoms with E-state index in [9.17, 15) is 5.11 Å². The van der Waals surface area contributed by atoms with Gasteiger partial charge in [-0.05, 0) is 29.8 Å². The molecule has 1 unspecified atom stereocenters. The van der Waals surface area contributed by atoms with E-state index in [1.165, 1.54) is 0 Å². The molecular formula is C11H15BrN4O. The average molecular weight is 299 g/mol. The number of nitrogens with zero attached hydrogens (tertiary/aromatic N) is 4. The van der Waals surface area contributed by atoms with Crippen molar-refractivity contribution in [1.29, 1.82) is 0 Å². The van der Waals surface area contributed by atoms with Crippen LogP contribution in [0.3, 0.4) is 0 Å². The molecule has 0 radical (unpaired) electrons. The minimum Gasteiger partial charge on any atom is -0.382 e. The third-order valence-electron chi connectivity index (χ3n) is 2.74. The van der Waals surface area contributed by atoms with Crippen LogP contribution >= 0.6 is 15.9 Å². The Hall–Kier alpha value is -1.14. The Morgan fingerprint density at radius 2 is 2.24 bits per heavy atom. The van der Waals surface area contributed by atoms with E-state index in [0.29, 0.717) is 0 Å². The van der Waals surface area contributed by atoms with Gasteiger partial charge in [-0.25, -0.2) is 0 Å². The number of halogens is 1. The molecule has 92 valence electrons. The molecule has 5 nitrogen and oxygen atoms in total. The minimum absolute atomic E-state index is 0.708. The molecule has 0 aliphatic carbocycles. The van der Waals surface area contributed by atoms with Crippen molar-refractivity contribution < 1.29 is 5.11 Å². The first-order valence-electron chi connectivity index (χ1n) is 5.44. The maximum atomic E-state index is 10.4. The molecule has 6 heteroatoms. The van der Waals surface area contributed by atoms with Crippen molar-refractivity contribution in [2.45, 2.75) is 26.5 Å². The van der Waals surface area contributed by atoms with E-state index in [4.69, 9.17) is 0 Å². The highest BCUT2D eigenvalue weighted by Crippen LogP contribution is 2.29. The molecule has 2 heterocycles. The molecule has 0 spiro atoms. The minimum atomic E-state index is -0.708. The van der Waals surface area contributed by atoms with E-state index in [0.717, 1.165) is 28.0 Å². The van der Waals surface area contributed by atoms with Crippen LogP contribution in [-0.4, -0.2) is 24.7 Å². The number of aromatic nitrogens is 4. The molecule has 2 aromatic rings. The van der Waals surface area contributed by atoms with Gasteiger partial charge in [-0.1, -0.05) is 0 Å². The molecule has 0 aliphatic heterocycles. The molecule has 0 amide bonds. The van der Waals surface area contributed by atoms with Crippen molar-refractivity contribution in [3.05, 3.63) is 33.8 Å². The molecule has 1 N–H and O–H groups in total. The Morgan fingerprint density at radius 1 is 1.53 bits per heavy atom. The lowest BCUT2D eigenvalue weighted by molar-refractivity contribution is 0.206. The summed E-state index contributed by atoms with van der Waals surface area (Å²) in [6, 6.07) is 0. The Balaban J connectivity index is 2.46. The first-order valence-corrected chi connectivity index (χ1v) is 6.23. The molecule has 0 saturated carbocycles. The van der Waals surface area contributed by atoms with Gasteiger partial charge in [0.2, 0.25) is 0 Å². The Labute approximate surface area is 108 Å². The van der Waals surface area contributed by atoms with Crippen LogP contribution in [0, 0.1) is 6.92 Å². The van der Waals surface area contributed by atoms with E-state index in [-0.39, 0.29) is 0 Å². The zero-order valence-electron chi connectivity index (χ0n) is 10.1. The lowest BCUT2D eigenvalue weighted by atomic mass is 10.1. The van der Waals surface area contributed by atoms with Crippen molar-refractivity contribution in [3.8, 4) is 0 Å². The summed E-state index contributed by atoms with van der Waals surface area (Å²) in [6.45, 7) is 4.60. The highest BCUT2D eigenvalue weighted by molar-refractivity contribution is 9.10. The second kappa shape index (κ2) is 4.62. The van der Waals surface area contributed by atoms with Crippen molar-refractivity contribution >= 4 is 15.9 Å². The zero-order valence-corrected chi connectivity index (χ0v) is 11.6. The van der Waals surface area contributed by atoms with Crippen molar-refractivity contribution in [3.63, 3.8) is 0 Å². The lowest BCUT2D eigenvalue weighted by Gasteiger charge is -2.12. The molecule has 2 aromatic heterocycles. The lowest BCUT2D eigenvalue weighted by Crippen LogP contribution is -2.10. The van der Waals surface area contributed by atoms with Crippen LogP contribution in [0.4, 0.5) is 0 Å². The second-order valence-corrected chi connectivity index (χ2v) is 4.79. The molecule has 0 aliphatic rings. The van der Waals surface area contributed by atoms with Crippen LogP contribution in [0.25, 0.3) is 0 Å². The van der Waals surface area contributed by atoms with E-state index < -0.39 is 6.10 Å². The van der Waals surface area contributed by atoms with Crippen molar-refractivity contribution in [1.82, 2.24) is 19.6 Å². The number of aryl methyl sites for hydroxylation is 3. The molecule has 0 aromatic carbocycles. The monoisotopic (exact) mass is 298 g/mol. The third-order valence-corrected chi connectivity index (χ3v) is 3.35. The van der Waals surface area contributed by atoms with Gasteiger partial charge < -0.3 is 5.11 Å². The van der Waals surface area contributed by atoms with Gasteiger partial charge in [0.15, 0.2) is 0 Å². The van der Waals surface area contributed by atoms with Crippen LogP contribution in [0.2, 0.25) is 0 Å². The Bertz CT molecular complexity index is 532. The highest BCUT2D eigenvalue weighted by Gasteiger charge is 2.22. The maximum absolute atomic E-state index is 10.4. The molecule has 0 fully saturated rings. The van der Waals surface area contributed by atoms with E-state index in [1.54, 1.807) is 15.6 Å². The fraction of sp³-hybridized carbons (Fsp3) is 0.455. The SMILES string of the molecule is CCn1ncc(Br)c1C(O)c1cn(C)nc1C. The first-order chi connectivity index (χ1) is 8.04. The number of hydrogen-bond acceptors (Lipinski definition) is 3. The summed E-state index contributed by atoms with van der Waals surface area (Å²) in [4.78, 5) is 0. The van der Waals surface area contributed by atoms with Gasteiger partial charge in [0.25, 0.3) is 0 Å². The van der Waals surface area contributed by atoms with Crippen LogP contribution in [0.1, 0.15) is 30.0 Å². The number of rotatable bonds is 3. The van der Waals surface area contributed by atoms with Crippen LogP contribution in [-0.2, 0) is 13.6 Å². The molecular weight excluding hydrogens is 284 g/mol. The molecule has 17 heavy (non-hydrogen) atoms. The topological polar surface area (TPSA) is 55.9 Å². The van der Waals surface area contributed by atoms with Gasteiger partial charge in [-0.2, -0.15) is 10.2 Å². The predicted octanol–water partition coefficient (Wildman–Crippen LogP) is 1.79. The average Bonchev–Trinajstić information content (AvgIpc) is 2.80. The summed E-state index contributed by atoms with van der Waals surface area (Å²) in [5, 5.41) is 18.9. The van der Waals surface area contributed by atoms with Crippen molar-refractivity contribution in [2.24, 2.45) is 7.05 Å². The van der Waals surface area contributed by atoms with Gasteiger partial charge in [-0.15, -0.1) is 0 Å². The Kier molecular flexibility index (Phi) is 3.35. The molecule has 0 bridgehead atoms. The fourth-order valence-electron chi connectivity index (χ4n) is 1.93. The molecule has 0 saturated heterocycles. The largest absolute Gasteiger partial charge is 0.382 e. The van der Waals surface area contributed by atoms with Gasteiger partial charge in [0.1, 0.15) is 6.10 Å². The second-order valence-electron chi connectivity index (χ2n) is 3.94. The van der Waals surface area contributed by atoms with Gasteiger partial charge in [0, 0.05) is 25.4 Å². The highest BCUT2D eigenvalue weighted by atomic mass is 79.9. The van der Waals surface area contributed by atoms with Crippen LogP contribution in [0.5, 0.6) is 0 Å². The van der Waals surface area contributed by atoms with E-state index >= 15 is 0 Å². The van der Waals surface area contributed by atoms with Gasteiger partial charge in [0.05, 0.1) is 22.1 Å². The summed E-state index contributed by atoms with van der Waals surface area (Å²) in [5.74, 6) is 0. The van der Waals surface area contributed by atoms with Gasteiger partial charge >= 0.3 is 0 Å². The number of hydrogen-bond donors (Lipinski definition) is 1. The quantitative estimate of drug-likeness (QED) is 0.940. The standard InChI is InChI=1S/C11H15BrN4O/c1-4-16-10(9(12)5-13-16)11(17)8-6-15(3)14-7(8)2/h5-6,11,17H,4H2,1-3H3. The zero-order chi connectivity index (χ0) is 12.6.